The fourth-order valence-electron chi connectivity index (χ4n) is 3.47. The monoisotopic (exact) mass is 361 g/mol. The van der Waals surface area contributed by atoms with Crippen molar-refractivity contribution < 1.29 is 4.42 Å². The molecule has 0 aliphatic carbocycles. The number of aromatic nitrogens is 3. The van der Waals surface area contributed by atoms with Crippen molar-refractivity contribution >= 4 is 22.6 Å². The molecule has 0 atom stereocenters. The van der Waals surface area contributed by atoms with E-state index in [1.165, 1.54) is 0 Å². The van der Waals surface area contributed by atoms with Crippen molar-refractivity contribution in [1.29, 1.82) is 0 Å². The summed E-state index contributed by atoms with van der Waals surface area (Å²) in [7, 11) is 0. The van der Waals surface area contributed by atoms with Gasteiger partial charge in [0.2, 0.25) is 5.71 Å². The van der Waals surface area contributed by atoms with E-state index in [1.54, 1.807) is 0 Å². The van der Waals surface area contributed by atoms with E-state index in [2.05, 4.69) is 20.2 Å². The van der Waals surface area contributed by atoms with Crippen LogP contribution in [0.25, 0.3) is 28.0 Å². The van der Waals surface area contributed by atoms with Gasteiger partial charge in [-0.25, -0.2) is 9.78 Å². The molecule has 1 saturated heterocycles. The Morgan fingerprint density at radius 2 is 1.93 bits per heavy atom. The van der Waals surface area contributed by atoms with Crippen LogP contribution >= 0.6 is 0 Å². The lowest BCUT2D eigenvalue weighted by atomic mass is 10.2. The largest absolute Gasteiger partial charge is 0.403 e. The third-order valence-electron chi connectivity index (χ3n) is 4.90. The number of hydrogen-bond donors (Lipinski definition) is 1. The maximum atomic E-state index is 12.6. The van der Waals surface area contributed by atoms with Crippen LogP contribution < -0.4 is 15.8 Å². The van der Waals surface area contributed by atoms with Gasteiger partial charge >= 0.3 is 5.63 Å². The van der Waals surface area contributed by atoms with Gasteiger partial charge in [0.1, 0.15) is 11.5 Å². The van der Waals surface area contributed by atoms with Crippen molar-refractivity contribution in [3.05, 3.63) is 58.7 Å². The average Bonchev–Trinajstić information content (AvgIpc) is 3.10. The molecular formula is C20H19N5O2. The van der Waals surface area contributed by atoms with Gasteiger partial charge in [-0.15, -0.1) is 0 Å². The lowest BCUT2D eigenvalue weighted by Crippen LogP contribution is -2.43. The number of fused-ring (bicyclic) bond motifs is 2. The number of pyridine rings is 2. The predicted molar refractivity (Wildman–Crippen MR) is 104 cm³/mol. The van der Waals surface area contributed by atoms with Crippen LogP contribution in [0.1, 0.15) is 5.56 Å². The van der Waals surface area contributed by atoms with E-state index in [9.17, 15) is 4.79 Å². The zero-order valence-electron chi connectivity index (χ0n) is 15.0. The van der Waals surface area contributed by atoms with Crippen LogP contribution in [0.2, 0.25) is 0 Å². The standard InChI is InChI=1S/C20H19N5O2/c1-13-2-4-17-22-16(12-25(17)11-13)15-10-14-3-5-18(23-19(14)27-20(15)26)24-8-6-21-7-9-24/h2-5,10-12,21H,6-9H2,1H3. The molecule has 136 valence electrons. The smallest absolute Gasteiger partial charge is 0.347 e. The Hall–Kier alpha value is -3.19. The number of hydrogen-bond acceptors (Lipinski definition) is 6. The first-order chi connectivity index (χ1) is 13.2. The molecule has 1 aliphatic heterocycles. The molecule has 0 radical (unpaired) electrons. The van der Waals surface area contributed by atoms with Gasteiger partial charge in [-0.3, -0.25) is 0 Å². The summed E-state index contributed by atoms with van der Waals surface area (Å²) >= 11 is 0. The van der Waals surface area contributed by atoms with Gasteiger partial charge in [0.15, 0.2) is 0 Å². The van der Waals surface area contributed by atoms with Crippen molar-refractivity contribution in [2.24, 2.45) is 0 Å². The highest BCUT2D eigenvalue weighted by molar-refractivity contribution is 5.80. The summed E-state index contributed by atoms with van der Waals surface area (Å²) in [5.74, 6) is 0.836. The molecule has 0 aromatic carbocycles. The molecule has 0 spiro atoms. The van der Waals surface area contributed by atoms with Crippen LogP contribution in [-0.4, -0.2) is 40.5 Å². The Labute approximate surface area is 155 Å². The summed E-state index contributed by atoms with van der Waals surface area (Å²) in [5, 5.41) is 4.11. The Kier molecular flexibility index (Phi) is 3.68. The van der Waals surface area contributed by atoms with Crippen molar-refractivity contribution in [3.63, 3.8) is 0 Å². The first kappa shape index (κ1) is 16.0. The summed E-state index contributed by atoms with van der Waals surface area (Å²) < 4.78 is 7.46. The zero-order valence-corrected chi connectivity index (χ0v) is 15.0. The van der Waals surface area contributed by atoms with Crippen molar-refractivity contribution in [1.82, 2.24) is 19.7 Å². The van der Waals surface area contributed by atoms with E-state index in [0.29, 0.717) is 17.0 Å². The second-order valence-corrected chi connectivity index (χ2v) is 6.85. The highest BCUT2D eigenvalue weighted by Crippen LogP contribution is 2.23. The van der Waals surface area contributed by atoms with Gasteiger partial charge < -0.3 is 19.0 Å². The molecule has 0 unspecified atom stereocenters. The summed E-state index contributed by atoms with van der Waals surface area (Å²) in [6.45, 7) is 5.65. The van der Waals surface area contributed by atoms with E-state index in [1.807, 2.05) is 54.0 Å². The third-order valence-corrected chi connectivity index (χ3v) is 4.90. The minimum Gasteiger partial charge on any atom is -0.403 e. The first-order valence-electron chi connectivity index (χ1n) is 9.04. The molecule has 1 N–H and O–H groups in total. The van der Waals surface area contributed by atoms with E-state index in [4.69, 9.17) is 4.42 Å². The number of nitrogens with zero attached hydrogens (tertiary/aromatic N) is 4. The zero-order chi connectivity index (χ0) is 18.4. The van der Waals surface area contributed by atoms with E-state index < -0.39 is 5.63 Å². The van der Waals surface area contributed by atoms with Crippen molar-refractivity contribution in [2.45, 2.75) is 6.92 Å². The summed E-state index contributed by atoms with van der Waals surface area (Å²) in [6, 6.07) is 9.67. The average molecular weight is 361 g/mol. The quantitative estimate of drug-likeness (QED) is 0.590. The molecule has 7 nitrogen and oxygen atoms in total. The number of imidazole rings is 1. The predicted octanol–water partition coefficient (Wildman–Crippen LogP) is 2.22. The normalized spacial score (nSPS) is 14.9. The summed E-state index contributed by atoms with van der Waals surface area (Å²) in [6.07, 6.45) is 3.83. The Bertz CT molecular complexity index is 1200. The van der Waals surface area contributed by atoms with E-state index >= 15 is 0 Å². The molecule has 1 aliphatic rings. The lowest BCUT2D eigenvalue weighted by Gasteiger charge is -2.28. The molecule has 4 aromatic heterocycles. The second kappa shape index (κ2) is 6.21. The number of anilines is 1. The maximum Gasteiger partial charge on any atom is 0.347 e. The molecular weight excluding hydrogens is 342 g/mol. The molecule has 7 heteroatoms. The van der Waals surface area contributed by atoms with Crippen LogP contribution in [0.4, 0.5) is 5.82 Å². The summed E-state index contributed by atoms with van der Waals surface area (Å²) in [4.78, 5) is 23.9. The van der Waals surface area contributed by atoms with Crippen molar-refractivity contribution in [2.75, 3.05) is 31.1 Å². The van der Waals surface area contributed by atoms with Gasteiger partial charge in [-0.1, -0.05) is 6.07 Å². The van der Waals surface area contributed by atoms with E-state index in [-0.39, 0.29) is 0 Å². The number of aryl methyl sites for hydroxylation is 1. The van der Waals surface area contributed by atoms with Gasteiger partial charge in [-0.2, -0.15) is 4.98 Å². The number of piperazine rings is 1. The maximum absolute atomic E-state index is 12.6. The third kappa shape index (κ3) is 2.86. The Morgan fingerprint density at radius 3 is 2.78 bits per heavy atom. The fraction of sp³-hybridized carbons (Fsp3) is 0.250. The highest BCUT2D eigenvalue weighted by atomic mass is 16.4. The van der Waals surface area contributed by atoms with Gasteiger partial charge in [0.25, 0.3) is 0 Å². The fourth-order valence-corrected chi connectivity index (χ4v) is 3.47. The van der Waals surface area contributed by atoms with Crippen LogP contribution in [0, 0.1) is 6.92 Å². The van der Waals surface area contributed by atoms with Crippen LogP contribution in [0.15, 0.2) is 51.9 Å². The molecule has 5 rings (SSSR count). The van der Waals surface area contributed by atoms with Crippen LogP contribution in [0.5, 0.6) is 0 Å². The van der Waals surface area contributed by atoms with Crippen LogP contribution in [-0.2, 0) is 0 Å². The first-order valence-corrected chi connectivity index (χ1v) is 9.04. The van der Waals surface area contributed by atoms with E-state index in [0.717, 1.165) is 48.6 Å². The number of nitrogens with one attached hydrogen (secondary N) is 1. The molecule has 1 fully saturated rings. The van der Waals surface area contributed by atoms with Crippen LogP contribution in [0.3, 0.4) is 0 Å². The van der Waals surface area contributed by atoms with Gasteiger partial charge in [0, 0.05) is 44.0 Å². The highest BCUT2D eigenvalue weighted by Gasteiger charge is 2.15. The lowest BCUT2D eigenvalue weighted by molar-refractivity contribution is 0.547. The second-order valence-electron chi connectivity index (χ2n) is 6.85. The number of rotatable bonds is 2. The molecule has 4 aromatic rings. The molecule has 0 saturated carbocycles. The summed E-state index contributed by atoms with van der Waals surface area (Å²) in [5.41, 5.74) is 2.90. The minimum absolute atomic E-state index is 0.361. The van der Waals surface area contributed by atoms with Gasteiger partial charge in [-0.05, 0) is 36.8 Å². The van der Waals surface area contributed by atoms with Crippen molar-refractivity contribution in [3.8, 4) is 11.3 Å². The Morgan fingerprint density at radius 1 is 1.07 bits per heavy atom. The molecule has 27 heavy (non-hydrogen) atoms. The van der Waals surface area contributed by atoms with Gasteiger partial charge in [0.05, 0.1) is 11.3 Å². The minimum atomic E-state index is -0.424. The Balaban J connectivity index is 1.58. The molecule has 0 bridgehead atoms. The molecule has 0 amide bonds. The molecule has 5 heterocycles. The topological polar surface area (TPSA) is 75.7 Å². The SMILES string of the molecule is Cc1ccc2nc(-c3cc4ccc(N5CCNCC5)nc4oc3=O)cn2c1.